The molecule has 1 aromatic heterocycles. The van der Waals surface area contributed by atoms with Gasteiger partial charge in [-0.25, -0.2) is 0 Å². The number of pyridine rings is 1. The zero-order chi connectivity index (χ0) is 13.1. The van der Waals surface area contributed by atoms with Crippen LogP contribution >= 0.6 is 44.1 Å². The average Bonchev–Trinajstić information content (AvgIpc) is 2.33. The van der Waals surface area contributed by atoms with Crippen molar-refractivity contribution < 1.29 is 0 Å². The van der Waals surface area contributed by atoms with Crippen molar-refractivity contribution in [1.29, 1.82) is 0 Å². The highest BCUT2D eigenvalue weighted by atomic mass is 79.9. The Bertz CT molecular complexity index is 602. The van der Waals surface area contributed by atoms with Crippen LogP contribution in [0.4, 0.5) is 11.4 Å². The molecule has 0 unspecified atom stereocenters. The van der Waals surface area contributed by atoms with E-state index in [4.69, 9.17) is 18.0 Å². The quantitative estimate of drug-likeness (QED) is 0.783. The molecule has 0 aliphatic carbocycles. The maximum Gasteiger partial charge on any atom is 0.124 e. The van der Waals surface area contributed by atoms with Crippen LogP contribution in [0.1, 0.15) is 5.69 Å². The van der Waals surface area contributed by atoms with Crippen LogP contribution < -0.4 is 11.1 Å². The van der Waals surface area contributed by atoms with Gasteiger partial charge in [-0.1, -0.05) is 28.1 Å². The minimum Gasteiger partial charge on any atom is -0.388 e. The van der Waals surface area contributed by atoms with Gasteiger partial charge in [-0.15, -0.1) is 0 Å². The number of halogens is 2. The van der Waals surface area contributed by atoms with Crippen LogP contribution in [0.25, 0.3) is 0 Å². The van der Waals surface area contributed by atoms with Gasteiger partial charge >= 0.3 is 0 Å². The number of benzene rings is 1. The van der Waals surface area contributed by atoms with Crippen LogP contribution in [0.2, 0.25) is 0 Å². The number of hydrogen-bond acceptors (Lipinski definition) is 3. The number of nitrogens with zero attached hydrogens (tertiary/aromatic N) is 1. The number of hydrogen-bond donors (Lipinski definition) is 2. The molecule has 0 bridgehead atoms. The Morgan fingerprint density at radius 2 is 2.00 bits per heavy atom. The van der Waals surface area contributed by atoms with E-state index in [2.05, 4.69) is 42.2 Å². The van der Waals surface area contributed by atoms with Gasteiger partial charge in [0.05, 0.1) is 11.4 Å². The first-order valence-electron chi connectivity index (χ1n) is 5.05. The summed E-state index contributed by atoms with van der Waals surface area (Å²) in [5.74, 6) is 0. The van der Waals surface area contributed by atoms with E-state index in [1.807, 2.05) is 30.3 Å². The van der Waals surface area contributed by atoms with Crippen LogP contribution in [-0.2, 0) is 0 Å². The predicted molar refractivity (Wildman–Crippen MR) is 85.2 cm³/mol. The van der Waals surface area contributed by atoms with Crippen LogP contribution in [0.5, 0.6) is 0 Å². The number of aromatic nitrogens is 1. The number of thiocarbonyl (C=S) groups is 1. The fourth-order valence-corrected chi connectivity index (χ4v) is 2.75. The number of nitrogens with one attached hydrogen (secondary N) is 1. The van der Waals surface area contributed by atoms with E-state index in [0.717, 1.165) is 20.3 Å². The molecule has 3 nitrogen and oxygen atoms in total. The molecule has 1 heterocycles. The van der Waals surface area contributed by atoms with Gasteiger partial charge < -0.3 is 11.1 Å². The van der Waals surface area contributed by atoms with Crippen LogP contribution in [0.15, 0.2) is 45.5 Å². The summed E-state index contributed by atoms with van der Waals surface area (Å²) in [5.41, 5.74) is 7.93. The zero-order valence-corrected chi connectivity index (χ0v) is 13.1. The lowest BCUT2D eigenvalue weighted by Crippen LogP contribution is -2.13. The summed E-state index contributed by atoms with van der Waals surface area (Å²) >= 11 is 11.9. The van der Waals surface area contributed by atoms with E-state index in [1.54, 1.807) is 6.20 Å². The Labute approximate surface area is 127 Å². The summed E-state index contributed by atoms with van der Waals surface area (Å²) in [6.07, 6.45) is 1.66. The largest absolute Gasteiger partial charge is 0.388 e. The summed E-state index contributed by atoms with van der Waals surface area (Å²) < 4.78 is 1.94. The fraction of sp³-hybridized carbons (Fsp3) is 0. The molecule has 3 N–H and O–H groups in total. The Balaban J connectivity index is 2.37. The molecule has 0 radical (unpaired) electrons. The third kappa shape index (κ3) is 3.07. The van der Waals surface area contributed by atoms with Gasteiger partial charge in [-0.2, -0.15) is 0 Å². The molecular weight excluding hydrogens is 378 g/mol. The van der Waals surface area contributed by atoms with Crippen LogP contribution in [0, 0.1) is 0 Å². The summed E-state index contributed by atoms with van der Waals surface area (Å²) in [6, 6.07) is 9.57. The Kier molecular flexibility index (Phi) is 4.31. The highest BCUT2D eigenvalue weighted by Gasteiger charge is 2.08. The molecule has 2 rings (SSSR count). The van der Waals surface area contributed by atoms with Crippen molar-refractivity contribution in [3.63, 3.8) is 0 Å². The van der Waals surface area contributed by atoms with Crippen molar-refractivity contribution in [2.75, 3.05) is 5.32 Å². The maximum atomic E-state index is 5.64. The smallest absolute Gasteiger partial charge is 0.124 e. The minimum atomic E-state index is 0.270. The Hall–Kier alpha value is -0.980. The van der Waals surface area contributed by atoms with E-state index in [-0.39, 0.29) is 4.99 Å². The lowest BCUT2D eigenvalue weighted by Gasteiger charge is -2.11. The van der Waals surface area contributed by atoms with Crippen molar-refractivity contribution in [2.24, 2.45) is 5.73 Å². The standard InChI is InChI=1S/C12H9Br2N3S/c13-7-3-4-9(8(14)6-7)17-10-2-1-5-16-11(10)12(15)18/h1-6,17H,(H2,15,18). The summed E-state index contributed by atoms with van der Waals surface area (Å²) in [4.78, 5) is 4.44. The SMILES string of the molecule is NC(=S)c1ncccc1Nc1ccc(Br)cc1Br. The van der Waals surface area contributed by atoms with Crippen molar-refractivity contribution in [1.82, 2.24) is 4.98 Å². The first kappa shape index (κ1) is 13.5. The molecule has 0 saturated carbocycles. The van der Waals surface area contributed by atoms with E-state index in [9.17, 15) is 0 Å². The second kappa shape index (κ2) is 5.77. The molecule has 2 aromatic rings. The van der Waals surface area contributed by atoms with Gasteiger partial charge in [0.1, 0.15) is 10.7 Å². The Morgan fingerprint density at radius 1 is 1.22 bits per heavy atom. The molecule has 0 aliphatic rings. The third-order valence-corrected chi connectivity index (χ3v) is 3.58. The van der Waals surface area contributed by atoms with Crippen molar-refractivity contribution in [3.05, 3.63) is 51.2 Å². The average molecular weight is 387 g/mol. The maximum absolute atomic E-state index is 5.64. The Morgan fingerprint density at radius 3 is 2.67 bits per heavy atom. The first-order valence-corrected chi connectivity index (χ1v) is 7.04. The van der Waals surface area contributed by atoms with E-state index >= 15 is 0 Å². The molecule has 0 fully saturated rings. The number of rotatable bonds is 3. The molecule has 18 heavy (non-hydrogen) atoms. The second-order valence-electron chi connectivity index (χ2n) is 3.51. The van der Waals surface area contributed by atoms with Crippen molar-refractivity contribution in [3.8, 4) is 0 Å². The first-order chi connectivity index (χ1) is 8.58. The van der Waals surface area contributed by atoms with Gasteiger partial charge in [0.25, 0.3) is 0 Å². The monoisotopic (exact) mass is 385 g/mol. The lowest BCUT2D eigenvalue weighted by atomic mass is 10.2. The molecule has 0 spiro atoms. The molecule has 0 saturated heterocycles. The highest BCUT2D eigenvalue weighted by Crippen LogP contribution is 2.29. The van der Waals surface area contributed by atoms with E-state index in [1.165, 1.54) is 0 Å². The van der Waals surface area contributed by atoms with Gasteiger partial charge in [0.15, 0.2) is 0 Å². The summed E-state index contributed by atoms with van der Waals surface area (Å²) in [7, 11) is 0. The molecule has 6 heteroatoms. The van der Waals surface area contributed by atoms with Crippen LogP contribution in [-0.4, -0.2) is 9.97 Å². The topological polar surface area (TPSA) is 50.9 Å². The number of anilines is 2. The molecule has 0 amide bonds. The molecule has 0 aliphatic heterocycles. The predicted octanol–water partition coefficient (Wildman–Crippen LogP) is 3.98. The van der Waals surface area contributed by atoms with E-state index < -0.39 is 0 Å². The van der Waals surface area contributed by atoms with Gasteiger partial charge in [-0.3, -0.25) is 4.98 Å². The molecular formula is C12H9Br2N3S. The minimum absolute atomic E-state index is 0.270. The number of nitrogens with two attached hydrogens (primary N) is 1. The lowest BCUT2D eigenvalue weighted by molar-refractivity contribution is 1.28. The van der Waals surface area contributed by atoms with Crippen molar-refractivity contribution >= 4 is 60.4 Å². The highest BCUT2D eigenvalue weighted by molar-refractivity contribution is 9.11. The summed E-state index contributed by atoms with van der Waals surface area (Å²) in [5, 5.41) is 3.25. The zero-order valence-electron chi connectivity index (χ0n) is 9.15. The fourth-order valence-electron chi connectivity index (χ4n) is 1.44. The van der Waals surface area contributed by atoms with Gasteiger partial charge in [0.2, 0.25) is 0 Å². The van der Waals surface area contributed by atoms with E-state index in [0.29, 0.717) is 5.69 Å². The normalized spacial score (nSPS) is 10.1. The molecule has 0 atom stereocenters. The third-order valence-electron chi connectivity index (χ3n) is 2.24. The molecule has 92 valence electrons. The van der Waals surface area contributed by atoms with Gasteiger partial charge in [0, 0.05) is 15.1 Å². The van der Waals surface area contributed by atoms with Gasteiger partial charge in [-0.05, 0) is 46.3 Å². The summed E-state index contributed by atoms with van der Waals surface area (Å²) in [6.45, 7) is 0. The van der Waals surface area contributed by atoms with Crippen molar-refractivity contribution in [2.45, 2.75) is 0 Å². The molecule has 1 aromatic carbocycles. The van der Waals surface area contributed by atoms with Crippen LogP contribution in [0.3, 0.4) is 0 Å². The second-order valence-corrected chi connectivity index (χ2v) is 5.72.